The number of nitrogen functional groups attached to an aromatic ring is 1. The summed E-state index contributed by atoms with van der Waals surface area (Å²) in [7, 11) is 1.63. The maximum atomic E-state index is 6.01. The van der Waals surface area contributed by atoms with Gasteiger partial charge in [-0.25, -0.2) is 0 Å². The van der Waals surface area contributed by atoms with E-state index in [1.165, 1.54) is 5.56 Å². The molecule has 0 aliphatic rings. The molecule has 2 rings (SSSR count). The first-order valence-corrected chi connectivity index (χ1v) is 6.25. The van der Waals surface area contributed by atoms with Crippen LogP contribution in [0.1, 0.15) is 32.0 Å². The fraction of sp³-hybridized carbons (Fsp3) is 0.400. The molecule has 1 aromatic heterocycles. The normalized spacial score (nSPS) is 11.6. The summed E-state index contributed by atoms with van der Waals surface area (Å²) < 4.78 is 10.7. The summed E-state index contributed by atoms with van der Waals surface area (Å²) in [5.41, 5.74) is 9.34. The van der Waals surface area contributed by atoms with E-state index in [4.69, 9.17) is 15.0 Å². The zero-order valence-electron chi connectivity index (χ0n) is 12.1. The summed E-state index contributed by atoms with van der Waals surface area (Å²) >= 11 is 0. The van der Waals surface area contributed by atoms with Gasteiger partial charge in [0.05, 0.1) is 12.7 Å². The molecule has 1 aromatic carbocycles. The molecule has 0 spiro atoms. The Labute approximate surface area is 113 Å². The zero-order chi connectivity index (χ0) is 14.2. The van der Waals surface area contributed by atoms with Crippen molar-refractivity contribution in [1.29, 1.82) is 0 Å². The fourth-order valence-electron chi connectivity index (χ4n) is 1.92. The molecule has 2 aromatic rings. The molecule has 102 valence electrons. The van der Waals surface area contributed by atoms with Crippen molar-refractivity contribution < 1.29 is 9.26 Å². The van der Waals surface area contributed by atoms with Crippen LogP contribution in [0.15, 0.2) is 22.7 Å². The van der Waals surface area contributed by atoms with Crippen LogP contribution in [-0.2, 0) is 5.41 Å². The second-order valence-electron chi connectivity index (χ2n) is 5.68. The molecule has 0 fully saturated rings. The minimum absolute atomic E-state index is 0.0465. The van der Waals surface area contributed by atoms with Crippen LogP contribution in [-0.4, -0.2) is 12.3 Å². The number of nitrogens with two attached hydrogens (primary N) is 1. The Kier molecular flexibility index (Phi) is 3.27. The van der Waals surface area contributed by atoms with Crippen LogP contribution in [0.4, 0.5) is 5.69 Å². The Morgan fingerprint density at radius 3 is 2.42 bits per heavy atom. The molecule has 0 atom stereocenters. The van der Waals surface area contributed by atoms with Gasteiger partial charge in [0.1, 0.15) is 17.1 Å². The molecule has 0 amide bonds. The molecule has 0 aliphatic heterocycles. The third-order valence-electron chi connectivity index (χ3n) is 3.22. The van der Waals surface area contributed by atoms with Crippen molar-refractivity contribution in [3.63, 3.8) is 0 Å². The number of hydrogen-bond donors (Lipinski definition) is 1. The minimum Gasteiger partial charge on any atom is -0.496 e. The summed E-state index contributed by atoms with van der Waals surface area (Å²) in [6.07, 6.45) is 0. The van der Waals surface area contributed by atoms with E-state index < -0.39 is 0 Å². The molecule has 0 unspecified atom stereocenters. The van der Waals surface area contributed by atoms with E-state index in [-0.39, 0.29) is 5.41 Å². The van der Waals surface area contributed by atoms with Crippen LogP contribution < -0.4 is 10.5 Å². The Morgan fingerprint density at radius 2 is 1.95 bits per heavy atom. The van der Waals surface area contributed by atoms with Gasteiger partial charge < -0.3 is 15.0 Å². The number of rotatable bonds is 2. The monoisotopic (exact) mass is 260 g/mol. The standard InChI is InChI=1S/C15H20N2O2/c1-9-13(16)14(19-17-9)11-8-10(15(2,3)4)6-7-12(11)18-5/h6-8H,16H2,1-5H3. The van der Waals surface area contributed by atoms with Gasteiger partial charge in [0.15, 0.2) is 5.76 Å². The lowest BCUT2D eigenvalue weighted by Gasteiger charge is -2.20. The number of anilines is 1. The number of hydrogen-bond acceptors (Lipinski definition) is 4. The molecule has 0 bridgehead atoms. The van der Waals surface area contributed by atoms with Gasteiger partial charge in [0.2, 0.25) is 0 Å². The van der Waals surface area contributed by atoms with Gasteiger partial charge in [0.25, 0.3) is 0 Å². The SMILES string of the molecule is COc1ccc(C(C)(C)C)cc1-c1onc(C)c1N. The Balaban J connectivity index is 2.63. The molecule has 0 aliphatic carbocycles. The molecule has 19 heavy (non-hydrogen) atoms. The zero-order valence-corrected chi connectivity index (χ0v) is 12.1. The number of ether oxygens (including phenoxy) is 1. The van der Waals surface area contributed by atoms with Crippen molar-refractivity contribution in [3.05, 3.63) is 29.5 Å². The molecule has 0 saturated heterocycles. The molecule has 0 radical (unpaired) electrons. The van der Waals surface area contributed by atoms with E-state index in [9.17, 15) is 0 Å². The second kappa shape index (κ2) is 4.61. The molecular weight excluding hydrogens is 240 g/mol. The van der Waals surface area contributed by atoms with E-state index in [0.717, 1.165) is 11.3 Å². The van der Waals surface area contributed by atoms with Crippen molar-refractivity contribution in [2.24, 2.45) is 0 Å². The first kappa shape index (κ1) is 13.5. The lowest BCUT2D eigenvalue weighted by molar-refractivity contribution is 0.404. The molecule has 0 saturated carbocycles. The lowest BCUT2D eigenvalue weighted by Crippen LogP contribution is -2.11. The molecule has 4 nitrogen and oxygen atoms in total. The van der Waals surface area contributed by atoms with E-state index in [0.29, 0.717) is 17.1 Å². The van der Waals surface area contributed by atoms with E-state index >= 15 is 0 Å². The molecular formula is C15H20N2O2. The molecule has 4 heteroatoms. The first-order valence-electron chi connectivity index (χ1n) is 6.25. The Morgan fingerprint density at radius 1 is 1.26 bits per heavy atom. The van der Waals surface area contributed by atoms with Crippen LogP contribution in [0, 0.1) is 6.92 Å². The fourth-order valence-corrected chi connectivity index (χ4v) is 1.92. The second-order valence-corrected chi connectivity index (χ2v) is 5.68. The minimum atomic E-state index is 0.0465. The van der Waals surface area contributed by atoms with Crippen molar-refractivity contribution in [3.8, 4) is 17.1 Å². The summed E-state index contributed by atoms with van der Waals surface area (Å²) in [6, 6.07) is 6.05. The van der Waals surface area contributed by atoms with Crippen LogP contribution in [0.2, 0.25) is 0 Å². The Hall–Kier alpha value is -1.97. The van der Waals surface area contributed by atoms with Crippen LogP contribution in [0.5, 0.6) is 5.75 Å². The summed E-state index contributed by atoms with van der Waals surface area (Å²) in [5, 5.41) is 3.90. The van der Waals surface area contributed by atoms with Crippen LogP contribution >= 0.6 is 0 Å². The third kappa shape index (κ3) is 2.43. The lowest BCUT2D eigenvalue weighted by atomic mass is 9.85. The van der Waals surface area contributed by atoms with E-state index in [1.54, 1.807) is 7.11 Å². The topological polar surface area (TPSA) is 61.3 Å². The van der Waals surface area contributed by atoms with Crippen molar-refractivity contribution in [1.82, 2.24) is 5.16 Å². The summed E-state index contributed by atoms with van der Waals surface area (Å²) in [4.78, 5) is 0. The number of benzene rings is 1. The average Bonchev–Trinajstić information content (AvgIpc) is 2.68. The van der Waals surface area contributed by atoms with Crippen LogP contribution in [0.3, 0.4) is 0 Å². The number of methoxy groups -OCH3 is 1. The highest BCUT2D eigenvalue weighted by atomic mass is 16.5. The molecule has 1 heterocycles. The van der Waals surface area contributed by atoms with Gasteiger partial charge in [-0.05, 0) is 30.0 Å². The molecule has 2 N–H and O–H groups in total. The largest absolute Gasteiger partial charge is 0.496 e. The van der Waals surface area contributed by atoms with Crippen molar-refractivity contribution in [2.45, 2.75) is 33.1 Å². The van der Waals surface area contributed by atoms with Gasteiger partial charge in [-0.3, -0.25) is 0 Å². The van der Waals surface area contributed by atoms with Gasteiger partial charge >= 0.3 is 0 Å². The van der Waals surface area contributed by atoms with Gasteiger partial charge in [-0.1, -0.05) is 32.0 Å². The van der Waals surface area contributed by atoms with E-state index in [2.05, 4.69) is 38.1 Å². The predicted molar refractivity (Wildman–Crippen MR) is 76.3 cm³/mol. The average molecular weight is 260 g/mol. The highest BCUT2D eigenvalue weighted by Gasteiger charge is 2.20. The highest BCUT2D eigenvalue weighted by molar-refractivity contribution is 5.77. The van der Waals surface area contributed by atoms with Gasteiger partial charge in [-0.15, -0.1) is 0 Å². The third-order valence-corrected chi connectivity index (χ3v) is 3.22. The summed E-state index contributed by atoms with van der Waals surface area (Å²) in [5.74, 6) is 1.30. The highest BCUT2D eigenvalue weighted by Crippen LogP contribution is 2.38. The van der Waals surface area contributed by atoms with Crippen LogP contribution in [0.25, 0.3) is 11.3 Å². The van der Waals surface area contributed by atoms with Crippen molar-refractivity contribution in [2.75, 3.05) is 12.8 Å². The van der Waals surface area contributed by atoms with Gasteiger partial charge in [0, 0.05) is 0 Å². The predicted octanol–water partition coefficient (Wildman–Crippen LogP) is 3.54. The van der Waals surface area contributed by atoms with Crippen molar-refractivity contribution >= 4 is 5.69 Å². The number of nitrogens with zero attached hydrogens (tertiary/aromatic N) is 1. The maximum absolute atomic E-state index is 6.01. The smallest absolute Gasteiger partial charge is 0.193 e. The Bertz CT molecular complexity index is 595. The quantitative estimate of drug-likeness (QED) is 0.897. The van der Waals surface area contributed by atoms with Gasteiger partial charge in [-0.2, -0.15) is 0 Å². The first-order chi connectivity index (χ1) is 8.84. The van der Waals surface area contributed by atoms with E-state index in [1.807, 2.05) is 13.0 Å². The number of aryl methyl sites for hydroxylation is 1. The summed E-state index contributed by atoms with van der Waals surface area (Å²) in [6.45, 7) is 8.30. The number of aromatic nitrogens is 1. The maximum Gasteiger partial charge on any atom is 0.193 e.